The van der Waals surface area contributed by atoms with Crippen molar-refractivity contribution in [3.63, 3.8) is 0 Å². The molecule has 1 heterocycles. The van der Waals surface area contributed by atoms with Gasteiger partial charge in [0.2, 0.25) is 0 Å². The zero-order valence-electron chi connectivity index (χ0n) is 14.9. The van der Waals surface area contributed by atoms with Gasteiger partial charge in [-0.3, -0.25) is 4.79 Å². The summed E-state index contributed by atoms with van der Waals surface area (Å²) in [5.41, 5.74) is 3.23. The minimum absolute atomic E-state index is 0.0678. The van der Waals surface area contributed by atoms with Gasteiger partial charge in [0.05, 0.1) is 0 Å². The van der Waals surface area contributed by atoms with Crippen LogP contribution in [0.25, 0.3) is 6.08 Å². The number of aryl methyl sites for hydroxylation is 2. The zero-order valence-corrected chi connectivity index (χ0v) is 14.9. The van der Waals surface area contributed by atoms with Crippen molar-refractivity contribution in [2.75, 3.05) is 0 Å². The molecule has 2 aromatic carbocycles. The van der Waals surface area contributed by atoms with E-state index >= 15 is 0 Å². The minimum atomic E-state index is -0.196. The van der Waals surface area contributed by atoms with E-state index in [-0.39, 0.29) is 11.5 Å². The molecule has 0 saturated heterocycles. The highest BCUT2D eigenvalue weighted by molar-refractivity contribution is 6.06. The zero-order chi connectivity index (χ0) is 18.6. The average Bonchev–Trinajstić information content (AvgIpc) is 3.33. The molecule has 27 heavy (non-hydrogen) atoms. The number of carbonyl (C=O) groups excluding carboxylic acids is 1. The first kappa shape index (κ1) is 17.2. The maximum Gasteiger partial charge on any atom is 0.186 e. The highest BCUT2D eigenvalue weighted by Gasteiger charge is 2.11. The third-order valence-corrected chi connectivity index (χ3v) is 4.66. The lowest BCUT2D eigenvalue weighted by atomic mass is 10.1. The summed E-state index contributed by atoms with van der Waals surface area (Å²) in [6.45, 7) is 0.340. The maximum absolute atomic E-state index is 12.1. The van der Waals surface area contributed by atoms with Gasteiger partial charge in [0, 0.05) is 5.56 Å². The number of hydrogen-bond acceptors (Lipinski definition) is 4. The molecule has 1 aromatic heterocycles. The molecule has 1 aliphatic carbocycles. The lowest BCUT2D eigenvalue weighted by Crippen LogP contribution is -1.95. The Morgan fingerprint density at radius 1 is 1.07 bits per heavy atom. The Bertz CT molecular complexity index is 997. The van der Waals surface area contributed by atoms with Crippen molar-refractivity contribution in [3.05, 3.63) is 88.9 Å². The van der Waals surface area contributed by atoms with Crippen LogP contribution in [0.4, 0.5) is 0 Å². The van der Waals surface area contributed by atoms with Crippen LogP contribution in [0.3, 0.4) is 0 Å². The molecule has 0 bridgehead atoms. The van der Waals surface area contributed by atoms with Gasteiger partial charge in [-0.15, -0.1) is 0 Å². The highest BCUT2D eigenvalue weighted by Crippen LogP contribution is 2.26. The Balaban J connectivity index is 1.36. The quantitative estimate of drug-likeness (QED) is 0.499. The molecule has 4 rings (SSSR count). The Morgan fingerprint density at radius 3 is 2.85 bits per heavy atom. The molecule has 3 aromatic rings. The Labute approximate surface area is 157 Å². The summed E-state index contributed by atoms with van der Waals surface area (Å²) < 4.78 is 11.5. The van der Waals surface area contributed by atoms with Gasteiger partial charge >= 0.3 is 0 Å². The van der Waals surface area contributed by atoms with Crippen LogP contribution in [-0.2, 0) is 19.4 Å². The number of phenolic OH excluding ortho intramolecular Hbond substituents is 1. The van der Waals surface area contributed by atoms with E-state index in [4.69, 9.17) is 9.15 Å². The third kappa shape index (κ3) is 4.11. The summed E-state index contributed by atoms with van der Waals surface area (Å²) in [4.78, 5) is 12.1. The number of carbonyl (C=O) groups is 1. The first-order valence-corrected chi connectivity index (χ1v) is 9.02. The van der Waals surface area contributed by atoms with Crippen molar-refractivity contribution in [3.8, 4) is 11.5 Å². The molecule has 1 aliphatic rings. The lowest BCUT2D eigenvalue weighted by molar-refractivity contribution is 0.104. The second kappa shape index (κ2) is 7.54. The lowest BCUT2D eigenvalue weighted by Gasteiger charge is -2.06. The van der Waals surface area contributed by atoms with E-state index in [1.807, 2.05) is 12.1 Å². The molecule has 0 amide bonds. The van der Waals surface area contributed by atoms with Crippen LogP contribution in [0.2, 0.25) is 0 Å². The number of ketones is 1. The molecule has 4 heteroatoms. The smallest absolute Gasteiger partial charge is 0.186 e. The van der Waals surface area contributed by atoms with Gasteiger partial charge in [0.15, 0.2) is 5.78 Å². The molecule has 4 nitrogen and oxygen atoms in total. The van der Waals surface area contributed by atoms with Gasteiger partial charge in [-0.05, 0) is 78.9 Å². The SMILES string of the molecule is O=C(/C=C/c1ccc(COc2ccc3c(c2)CCC3)o1)c1cccc(O)c1. The summed E-state index contributed by atoms with van der Waals surface area (Å²) in [7, 11) is 0. The monoisotopic (exact) mass is 360 g/mol. The number of rotatable bonds is 6. The number of ether oxygens (including phenoxy) is 1. The van der Waals surface area contributed by atoms with E-state index in [2.05, 4.69) is 12.1 Å². The summed E-state index contributed by atoms with van der Waals surface area (Å²) >= 11 is 0. The summed E-state index contributed by atoms with van der Waals surface area (Å²) in [5, 5.41) is 9.45. The molecule has 0 aliphatic heterocycles. The first-order chi connectivity index (χ1) is 13.2. The molecular formula is C23H20O4. The average molecular weight is 360 g/mol. The second-order valence-corrected chi connectivity index (χ2v) is 6.62. The first-order valence-electron chi connectivity index (χ1n) is 9.02. The number of benzene rings is 2. The van der Waals surface area contributed by atoms with Gasteiger partial charge in [0.25, 0.3) is 0 Å². The third-order valence-electron chi connectivity index (χ3n) is 4.66. The van der Waals surface area contributed by atoms with E-state index in [0.717, 1.165) is 18.6 Å². The molecule has 0 atom stereocenters. The standard InChI is InChI=1S/C23H20O4/c24-19-6-2-5-18(13-19)23(25)12-11-20-9-10-22(27-20)15-26-21-8-7-16-3-1-4-17(16)14-21/h2,5-14,24H,1,3-4,15H2/b12-11+. The fourth-order valence-corrected chi connectivity index (χ4v) is 3.27. The van der Waals surface area contributed by atoms with Crippen molar-refractivity contribution in [2.45, 2.75) is 25.9 Å². The van der Waals surface area contributed by atoms with Crippen LogP contribution in [-0.4, -0.2) is 10.9 Å². The highest BCUT2D eigenvalue weighted by atomic mass is 16.5. The van der Waals surface area contributed by atoms with Crippen molar-refractivity contribution in [2.24, 2.45) is 0 Å². The van der Waals surface area contributed by atoms with Crippen molar-refractivity contribution in [1.82, 2.24) is 0 Å². The summed E-state index contributed by atoms with van der Waals surface area (Å²) in [6, 6.07) is 16.1. The van der Waals surface area contributed by atoms with E-state index in [1.165, 1.54) is 35.8 Å². The minimum Gasteiger partial charge on any atom is -0.508 e. The van der Waals surface area contributed by atoms with Crippen molar-refractivity contribution in [1.29, 1.82) is 0 Å². The molecular weight excluding hydrogens is 340 g/mol. The largest absolute Gasteiger partial charge is 0.508 e. The van der Waals surface area contributed by atoms with Gasteiger partial charge in [0.1, 0.15) is 29.6 Å². The predicted molar refractivity (Wildman–Crippen MR) is 103 cm³/mol. The molecule has 0 unspecified atom stereocenters. The molecule has 0 saturated carbocycles. The van der Waals surface area contributed by atoms with E-state index in [1.54, 1.807) is 24.3 Å². The van der Waals surface area contributed by atoms with Crippen LogP contribution >= 0.6 is 0 Å². The molecule has 0 fully saturated rings. The van der Waals surface area contributed by atoms with Crippen LogP contribution in [0, 0.1) is 0 Å². The summed E-state index contributed by atoms with van der Waals surface area (Å²) in [5.74, 6) is 2.00. The fraction of sp³-hybridized carbons (Fsp3) is 0.174. The number of allylic oxidation sites excluding steroid dienone is 1. The fourth-order valence-electron chi connectivity index (χ4n) is 3.27. The Kier molecular flexibility index (Phi) is 4.79. The molecule has 0 radical (unpaired) electrons. The topological polar surface area (TPSA) is 59.7 Å². The van der Waals surface area contributed by atoms with Crippen LogP contribution in [0.15, 0.2) is 65.1 Å². The van der Waals surface area contributed by atoms with Crippen LogP contribution < -0.4 is 4.74 Å². The van der Waals surface area contributed by atoms with Gasteiger partial charge in [-0.25, -0.2) is 0 Å². The maximum atomic E-state index is 12.1. The number of fused-ring (bicyclic) bond motifs is 1. The van der Waals surface area contributed by atoms with E-state index in [9.17, 15) is 9.90 Å². The molecule has 136 valence electrons. The van der Waals surface area contributed by atoms with Gasteiger partial charge < -0.3 is 14.3 Å². The van der Waals surface area contributed by atoms with Gasteiger partial charge in [-0.2, -0.15) is 0 Å². The number of furan rings is 1. The number of hydrogen-bond donors (Lipinski definition) is 1. The van der Waals surface area contributed by atoms with Crippen molar-refractivity contribution >= 4 is 11.9 Å². The van der Waals surface area contributed by atoms with Crippen molar-refractivity contribution < 1.29 is 19.1 Å². The van der Waals surface area contributed by atoms with E-state index in [0.29, 0.717) is 23.7 Å². The normalized spacial score (nSPS) is 13.0. The number of aromatic hydroxyl groups is 1. The van der Waals surface area contributed by atoms with E-state index < -0.39 is 0 Å². The van der Waals surface area contributed by atoms with Crippen LogP contribution in [0.5, 0.6) is 11.5 Å². The van der Waals surface area contributed by atoms with Crippen LogP contribution in [0.1, 0.15) is 39.4 Å². The molecule has 0 spiro atoms. The second-order valence-electron chi connectivity index (χ2n) is 6.62. The summed E-state index contributed by atoms with van der Waals surface area (Å²) in [6.07, 6.45) is 6.54. The van der Waals surface area contributed by atoms with Gasteiger partial charge in [-0.1, -0.05) is 18.2 Å². The predicted octanol–water partition coefficient (Wildman–Crippen LogP) is 4.95. The molecule has 1 N–H and O–H groups in total. The number of phenols is 1. The Morgan fingerprint density at radius 2 is 1.96 bits per heavy atom. The Hall–Kier alpha value is -3.27.